The Bertz CT molecular complexity index is 3410. The molecule has 0 radical (unpaired) electrons. The van der Waals surface area contributed by atoms with E-state index in [9.17, 15) is 0 Å². The number of aromatic nitrogens is 4. The van der Waals surface area contributed by atoms with Gasteiger partial charge in [-0.1, -0.05) is 176 Å². The molecule has 4 heterocycles. The zero-order chi connectivity index (χ0) is 50.1. The van der Waals surface area contributed by atoms with Crippen molar-refractivity contribution in [1.82, 2.24) is 19.9 Å². The smallest absolute Gasteiger partial charge is 0.0715 e. The predicted molar refractivity (Wildman–Crippen MR) is 315 cm³/mol. The molecule has 0 aliphatic carbocycles. The molecule has 8 aromatic carbocycles. The van der Waals surface area contributed by atoms with E-state index >= 15 is 0 Å². The van der Waals surface area contributed by atoms with E-state index in [1.807, 2.05) is 79.3 Å². The van der Waals surface area contributed by atoms with E-state index in [1.165, 1.54) is 16.7 Å². The average Bonchev–Trinajstić information content (AvgIpc) is 3.48. The lowest BCUT2D eigenvalue weighted by molar-refractivity contribution is 1.31. The molecule has 360 valence electrons. The molecule has 0 saturated heterocycles. The molecule has 4 nitrogen and oxygen atoms in total. The number of nitrogens with zero attached hydrogens (tertiary/aromatic N) is 4. The number of benzene rings is 8. The van der Waals surface area contributed by atoms with Gasteiger partial charge in [-0.05, 0) is 169 Å². The molecule has 0 aliphatic heterocycles. The maximum absolute atomic E-state index is 6.38. The molecule has 0 aliphatic rings. The quantitative estimate of drug-likeness (QED) is 0.137. The minimum Gasteiger partial charge on any atom is -0.264 e. The average molecular weight is 1010 g/mol. The number of rotatable bonds is 10. The molecule has 0 spiro atoms. The third-order valence-corrected chi connectivity index (χ3v) is 13.3. The summed E-state index contributed by atoms with van der Waals surface area (Å²) in [4.78, 5) is 18.0. The van der Waals surface area contributed by atoms with Gasteiger partial charge in [-0.3, -0.25) is 15.0 Å². The number of hydrogen-bond donors (Lipinski definition) is 0. The van der Waals surface area contributed by atoms with Crippen molar-refractivity contribution in [3.63, 3.8) is 0 Å². The lowest BCUT2D eigenvalue weighted by Crippen LogP contribution is -1.92. The predicted octanol–water partition coefficient (Wildman–Crippen LogP) is 19.6. The summed E-state index contributed by atoms with van der Waals surface area (Å²) < 4.78 is 0. The molecule has 0 N–H and O–H groups in total. The highest BCUT2D eigenvalue weighted by molar-refractivity contribution is 6.31. The second-order valence-corrected chi connectivity index (χ2v) is 18.7. The lowest BCUT2D eigenvalue weighted by atomic mass is 9.91. The standard InChI is InChI=1S/C35H24ClN.C33H22ClN3.CH4/c36-35-16-6-14-30(23-35)34-21-32(28-12-4-10-26(18-28)25-8-2-1-3-9-25)20-33(22-34)29-13-5-11-27(19-29)31-15-7-17-37-24-31;34-31-13-3-8-25(18-31)30-19-32(26-9-1-6-23(16-26)28-11-4-14-35-21-28)37-33(20-30)27-10-2-7-24(17-27)29-12-5-15-36-22-29;/h1-24H;1-22H;1H4. The molecule has 0 bridgehead atoms. The van der Waals surface area contributed by atoms with Gasteiger partial charge in [-0.25, -0.2) is 4.98 Å². The van der Waals surface area contributed by atoms with Crippen LogP contribution in [0.15, 0.2) is 280 Å². The molecule has 0 fully saturated rings. The number of halogens is 2. The van der Waals surface area contributed by atoms with Crippen LogP contribution in [0.5, 0.6) is 0 Å². The Morgan fingerprint density at radius 1 is 0.213 bits per heavy atom. The summed E-state index contributed by atoms with van der Waals surface area (Å²) in [5.41, 5.74) is 21.8. The highest BCUT2D eigenvalue weighted by Gasteiger charge is 2.13. The Hall–Kier alpha value is -9.06. The van der Waals surface area contributed by atoms with Crippen molar-refractivity contribution in [3.8, 4) is 112 Å². The Morgan fingerprint density at radius 2 is 0.480 bits per heavy atom. The molecule has 12 aromatic rings. The maximum atomic E-state index is 6.38. The van der Waals surface area contributed by atoms with Crippen LogP contribution in [0.4, 0.5) is 0 Å². The van der Waals surface area contributed by atoms with Crippen LogP contribution in [-0.4, -0.2) is 19.9 Å². The molecule has 4 aromatic heterocycles. The Morgan fingerprint density at radius 3 is 0.840 bits per heavy atom. The normalized spacial score (nSPS) is 10.7. The Labute approximate surface area is 449 Å². The molecular formula is C69H50Cl2N4. The second kappa shape index (κ2) is 23.2. The molecular weight excluding hydrogens is 956 g/mol. The zero-order valence-corrected chi connectivity index (χ0v) is 41.6. The van der Waals surface area contributed by atoms with Crippen molar-refractivity contribution in [2.45, 2.75) is 7.43 Å². The van der Waals surface area contributed by atoms with Gasteiger partial charge in [0.05, 0.1) is 11.4 Å². The number of pyridine rings is 4. The molecule has 0 saturated carbocycles. The summed E-state index contributed by atoms with van der Waals surface area (Å²) in [5, 5.41) is 1.43. The summed E-state index contributed by atoms with van der Waals surface area (Å²) in [6, 6.07) is 83.9. The molecule has 0 atom stereocenters. The van der Waals surface area contributed by atoms with Crippen LogP contribution in [0.25, 0.3) is 112 Å². The molecule has 6 heteroatoms. The number of hydrogen-bond acceptors (Lipinski definition) is 4. The van der Waals surface area contributed by atoms with Crippen molar-refractivity contribution in [1.29, 1.82) is 0 Å². The minimum absolute atomic E-state index is 0. The van der Waals surface area contributed by atoms with Crippen LogP contribution in [0.3, 0.4) is 0 Å². The van der Waals surface area contributed by atoms with E-state index in [-0.39, 0.29) is 7.43 Å². The van der Waals surface area contributed by atoms with Gasteiger partial charge in [0.15, 0.2) is 0 Å². The van der Waals surface area contributed by atoms with Crippen molar-refractivity contribution in [2.24, 2.45) is 0 Å². The minimum atomic E-state index is 0. The summed E-state index contributed by atoms with van der Waals surface area (Å²) in [7, 11) is 0. The SMILES string of the molecule is C.Clc1cccc(-c2cc(-c3cccc(-c4ccccc4)c3)cc(-c3cccc(-c4cccnc4)c3)c2)c1.Clc1cccc(-c2cc(-c3cccc(-c4cccnc4)c3)nc(-c3cccc(-c4cccnc4)c3)c2)c1. The third kappa shape index (κ3) is 11.9. The van der Waals surface area contributed by atoms with Gasteiger partial charge < -0.3 is 0 Å². The van der Waals surface area contributed by atoms with Gasteiger partial charge in [-0.2, -0.15) is 0 Å². The van der Waals surface area contributed by atoms with Crippen LogP contribution >= 0.6 is 23.2 Å². The molecule has 12 rings (SSSR count). The fraction of sp³-hybridized carbons (Fsp3) is 0.0145. The highest BCUT2D eigenvalue weighted by Crippen LogP contribution is 2.38. The second-order valence-electron chi connectivity index (χ2n) is 17.9. The maximum Gasteiger partial charge on any atom is 0.0715 e. The monoisotopic (exact) mass is 1000 g/mol. The van der Waals surface area contributed by atoms with Crippen molar-refractivity contribution >= 4 is 23.2 Å². The van der Waals surface area contributed by atoms with Crippen LogP contribution in [0, 0.1) is 0 Å². The largest absolute Gasteiger partial charge is 0.264 e. The van der Waals surface area contributed by atoms with E-state index in [0.717, 1.165) is 99.9 Å². The first-order valence-electron chi connectivity index (χ1n) is 24.3. The summed E-state index contributed by atoms with van der Waals surface area (Å²) in [5.74, 6) is 0. The van der Waals surface area contributed by atoms with Gasteiger partial charge >= 0.3 is 0 Å². The van der Waals surface area contributed by atoms with Crippen LogP contribution in [0.2, 0.25) is 10.0 Å². The first-order chi connectivity index (χ1) is 36.5. The highest BCUT2D eigenvalue weighted by atomic mass is 35.5. The Kier molecular flexibility index (Phi) is 15.3. The first kappa shape index (κ1) is 49.5. The topological polar surface area (TPSA) is 51.6 Å². The zero-order valence-electron chi connectivity index (χ0n) is 40.1. The van der Waals surface area contributed by atoms with Crippen LogP contribution in [0.1, 0.15) is 7.43 Å². The van der Waals surface area contributed by atoms with Crippen molar-refractivity contribution < 1.29 is 0 Å². The van der Waals surface area contributed by atoms with E-state index in [0.29, 0.717) is 5.02 Å². The van der Waals surface area contributed by atoms with Crippen LogP contribution < -0.4 is 0 Å². The van der Waals surface area contributed by atoms with E-state index in [1.54, 1.807) is 18.6 Å². The fourth-order valence-corrected chi connectivity index (χ4v) is 9.54. The third-order valence-electron chi connectivity index (χ3n) is 12.9. The molecule has 75 heavy (non-hydrogen) atoms. The fourth-order valence-electron chi connectivity index (χ4n) is 9.16. The molecule has 0 amide bonds. The van der Waals surface area contributed by atoms with Crippen LogP contribution in [-0.2, 0) is 0 Å². The van der Waals surface area contributed by atoms with Gasteiger partial charge in [0.2, 0.25) is 0 Å². The van der Waals surface area contributed by atoms with Gasteiger partial charge in [-0.15, -0.1) is 0 Å². The van der Waals surface area contributed by atoms with Gasteiger partial charge in [0, 0.05) is 75.0 Å². The summed E-state index contributed by atoms with van der Waals surface area (Å²) >= 11 is 12.7. The van der Waals surface area contributed by atoms with E-state index in [2.05, 4.69) is 197 Å². The van der Waals surface area contributed by atoms with E-state index < -0.39 is 0 Å². The lowest BCUT2D eigenvalue weighted by Gasteiger charge is -2.13. The first-order valence-corrected chi connectivity index (χ1v) is 25.1. The van der Waals surface area contributed by atoms with E-state index in [4.69, 9.17) is 28.2 Å². The summed E-state index contributed by atoms with van der Waals surface area (Å²) in [6.07, 6.45) is 11.0. The van der Waals surface area contributed by atoms with Crippen molar-refractivity contribution in [3.05, 3.63) is 290 Å². The van der Waals surface area contributed by atoms with Gasteiger partial charge in [0.1, 0.15) is 0 Å². The Balaban J connectivity index is 0.000000169. The van der Waals surface area contributed by atoms with Crippen molar-refractivity contribution in [2.75, 3.05) is 0 Å². The van der Waals surface area contributed by atoms with Gasteiger partial charge in [0.25, 0.3) is 0 Å². The summed E-state index contributed by atoms with van der Waals surface area (Å²) in [6.45, 7) is 0. The molecule has 0 unspecified atom stereocenters.